The van der Waals surface area contributed by atoms with Gasteiger partial charge in [-0.1, -0.05) is 29.3 Å². The summed E-state index contributed by atoms with van der Waals surface area (Å²) >= 11 is 6.36. The molecule has 0 saturated heterocycles. The zero-order chi connectivity index (χ0) is 21.4. The number of rotatable bonds is 3. The predicted molar refractivity (Wildman–Crippen MR) is 114 cm³/mol. The molecule has 3 aromatic rings. The standard InChI is InChI=1S/C20H17ClN6O3/c1-11-3-5-13(6-4-11)23-19-24-18(15-10-14(27(29)30)7-8-16(15)21)26-17(28)9-12(2)22-20(26)25-19/h3-10,18H,1-2H3,(H2,22,23,24,25)/p+1/t18-/m1/s1. The summed E-state index contributed by atoms with van der Waals surface area (Å²) in [7, 11) is 0. The molecule has 0 spiro atoms. The van der Waals surface area contributed by atoms with Crippen LogP contribution in [-0.2, 0) is 0 Å². The van der Waals surface area contributed by atoms with E-state index in [-0.39, 0.29) is 16.3 Å². The first-order valence-electron chi connectivity index (χ1n) is 9.10. The average molecular weight is 426 g/mol. The molecule has 30 heavy (non-hydrogen) atoms. The normalized spacial score (nSPS) is 15.0. The third-order valence-corrected chi connectivity index (χ3v) is 5.01. The number of fused-ring (bicyclic) bond motifs is 1. The van der Waals surface area contributed by atoms with Crippen LogP contribution in [0, 0.1) is 24.0 Å². The third kappa shape index (κ3) is 3.74. The van der Waals surface area contributed by atoms with Crippen LogP contribution in [0.5, 0.6) is 0 Å². The fourth-order valence-electron chi connectivity index (χ4n) is 3.21. The van der Waals surface area contributed by atoms with E-state index in [1.165, 1.54) is 28.8 Å². The van der Waals surface area contributed by atoms with E-state index in [1.54, 1.807) is 6.92 Å². The lowest BCUT2D eigenvalue weighted by molar-refractivity contribution is -0.520. The molecule has 1 aliphatic heterocycles. The van der Waals surface area contributed by atoms with Crippen molar-refractivity contribution in [2.24, 2.45) is 0 Å². The van der Waals surface area contributed by atoms with Crippen LogP contribution in [0.15, 0.2) is 53.3 Å². The molecular formula is C20H18ClN6O3+. The highest BCUT2D eigenvalue weighted by Gasteiger charge is 2.31. The van der Waals surface area contributed by atoms with Crippen LogP contribution in [-0.4, -0.2) is 20.4 Å². The minimum absolute atomic E-state index is 0.127. The van der Waals surface area contributed by atoms with Crippen molar-refractivity contribution in [2.75, 3.05) is 10.6 Å². The first kappa shape index (κ1) is 19.6. The zero-order valence-electron chi connectivity index (χ0n) is 16.1. The fraction of sp³-hybridized carbons (Fsp3) is 0.150. The van der Waals surface area contributed by atoms with Crippen LogP contribution in [0.3, 0.4) is 0 Å². The predicted octanol–water partition coefficient (Wildman–Crippen LogP) is 1.94. The summed E-state index contributed by atoms with van der Waals surface area (Å²) < 4.78 is 1.37. The van der Waals surface area contributed by atoms with Gasteiger partial charge in [0.15, 0.2) is 6.17 Å². The van der Waals surface area contributed by atoms with Gasteiger partial charge in [-0.2, -0.15) is 0 Å². The number of hydrogen-bond donors (Lipinski definition) is 3. The van der Waals surface area contributed by atoms with Crippen molar-refractivity contribution in [1.29, 1.82) is 0 Å². The summed E-state index contributed by atoms with van der Waals surface area (Å²) in [6, 6.07) is 13.2. The summed E-state index contributed by atoms with van der Waals surface area (Å²) in [4.78, 5) is 31.1. The fourth-order valence-corrected chi connectivity index (χ4v) is 3.43. The van der Waals surface area contributed by atoms with E-state index in [0.717, 1.165) is 11.3 Å². The van der Waals surface area contributed by atoms with Gasteiger partial charge < -0.3 is 0 Å². The Morgan fingerprint density at radius 3 is 2.63 bits per heavy atom. The lowest BCUT2D eigenvalue weighted by atomic mass is 10.1. The third-order valence-electron chi connectivity index (χ3n) is 4.66. The van der Waals surface area contributed by atoms with Gasteiger partial charge in [-0.3, -0.25) is 19.9 Å². The maximum atomic E-state index is 12.7. The van der Waals surface area contributed by atoms with Gasteiger partial charge in [0.05, 0.1) is 10.6 Å². The van der Waals surface area contributed by atoms with Gasteiger partial charge in [-0.15, -0.1) is 0 Å². The van der Waals surface area contributed by atoms with Crippen molar-refractivity contribution in [1.82, 2.24) is 9.55 Å². The number of nitro benzene ring substituents is 1. The summed E-state index contributed by atoms with van der Waals surface area (Å²) in [5.74, 6) is 0.755. The number of nitrogens with zero attached hydrogens (tertiary/aromatic N) is 3. The maximum Gasteiger partial charge on any atom is 0.357 e. The number of non-ortho nitro benzene ring substituents is 1. The molecule has 10 heteroatoms. The van der Waals surface area contributed by atoms with Crippen LogP contribution < -0.4 is 21.2 Å². The Hall–Kier alpha value is -3.72. The number of anilines is 2. The second-order valence-electron chi connectivity index (χ2n) is 6.93. The number of nitrogens with one attached hydrogen (secondary N) is 3. The molecular weight excluding hydrogens is 408 g/mol. The first-order chi connectivity index (χ1) is 14.3. The molecule has 0 amide bonds. The number of benzene rings is 2. The molecule has 0 radical (unpaired) electrons. The van der Waals surface area contributed by atoms with Crippen molar-refractivity contribution in [3.63, 3.8) is 0 Å². The average Bonchev–Trinajstić information content (AvgIpc) is 2.69. The molecule has 0 aliphatic carbocycles. The molecule has 1 aromatic heterocycles. The first-order valence-corrected chi connectivity index (χ1v) is 9.48. The van der Waals surface area contributed by atoms with Gasteiger partial charge in [0.25, 0.3) is 17.2 Å². The van der Waals surface area contributed by atoms with E-state index in [9.17, 15) is 14.9 Å². The number of aryl methyl sites for hydroxylation is 2. The quantitative estimate of drug-likeness (QED) is 0.436. The number of halogens is 1. The molecule has 9 nitrogen and oxygen atoms in total. The van der Waals surface area contributed by atoms with Crippen molar-refractivity contribution < 1.29 is 9.92 Å². The molecule has 2 heterocycles. The number of hydrogen-bond acceptors (Lipinski definition) is 6. The lowest BCUT2D eigenvalue weighted by Gasteiger charge is -2.23. The zero-order valence-corrected chi connectivity index (χ0v) is 16.9. The van der Waals surface area contributed by atoms with E-state index in [1.807, 2.05) is 31.2 Å². The van der Waals surface area contributed by atoms with E-state index in [0.29, 0.717) is 23.2 Å². The molecule has 3 N–H and O–H groups in total. The molecule has 0 unspecified atom stereocenters. The second kappa shape index (κ2) is 7.60. The van der Waals surface area contributed by atoms with Crippen molar-refractivity contribution in [3.05, 3.63) is 90.8 Å². The second-order valence-corrected chi connectivity index (χ2v) is 7.34. The van der Waals surface area contributed by atoms with Crippen LogP contribution >= 0.6 is 11.6 Å². The van der Waals surface area contributed by atoms with Crippen molar-refractivity contribution in [2.45, 2.75) is 20.0 Å². The van der Waals surface area contributed by atoms with Crippen LogP contribution in [0.25, 0.3) is 0 Å². The van der Waals surface area contributed by atoms with Crippen molar-refractivity contribution >= 4 is 34.9 Å². The van der Waals surface area contributed by atoms with Gasteiger partial charge in [0, 0.05) is 34.5 Å². The molecule has 1 atom stereocenters. The molecule has 1 aliphatic rings. The lowest BCUT2D eigenvalue weighted by Crippen LogP contribution is -2.82. The van der Waals surface area contributed by atoms with Crippen LogP contribution in [0.1, 0.15) is 23.0 Å². The van der Waals surface area contributed by atoms with E-state index < -0.39 is 11.1 Å². The molecule has 2 aromatic carbocycles. The van der Waals surface area contributed by atoms with Gasteiger partial charge in [-0.25, -0.2) is 20.2 Å². The van der Waals surface area contributed by atoms with Crippen LogP contribution in [0.2, 0.25) is 5.02 Å². The van der Waals surface area contributed by atoms with Gasteiger partial charge in [0.1, 0.15) is 0 Å². The van der Waals surface area contributed by atoms with E-state index in [2.05, 4.69) is 20.6 Å². The maximum absolute atomic E-state index is 12.7. The number of aromatic nitrogens is 2. The SMILES string of the molecule is Cc1ccc(NC2=[NH+][C@@H](c3cc([N+](=O)[O-])ccc3Cl)n3c(nc(C)cc3=O)N2)cc1. The van der Waals surface area contributed by atoms with Gasteiger partial charge in [0.2, 0.25) is 0 Å². The Kier molecular flexibility index (Phi) is 4.96. The Bertz CT molecular complexity index is 1240. The highest BCUT2D eigenvalue weighted by Crippen LogP contribution is 2.28. The highest BCUT2D eigenvalue weighted by atomic mass is 35.5. The van der Waals surface area contributed by atoms with Gasteiger partial charge >= 0.3 is 5.96 Å². The van der Waals surface area contributed by atoms with E-state index >= 15 is 0 Å². The Balaban J connectivity index is 1.85. The smallest absolute Gasteiger partial charge is 0.269 e. The van der Waals surface area contributed by atoms with Crippen LogP contribution in [0.4, 0.5) is 17.3 Å². The Morgan fingerprint density at radius 2 is 1.93 bits per heavy atom. The highest BCUT2D eigenvalue weighted by molar-refractivity contribution is 6.31. The Labute approximate surface area is 176 Å². The summed E-state index contributed by atoms with van der Waals surface area (Å²) in [5.41, 5.74) is 2.40. The molecule has 0 fully saturated rings. The largest absolute Gasteiger partial charge is 0.357 e. The Morgan fingerprint density at radius 1 is 1.20 bits per heavy atom. The van der Waals surface area contributed by atoms with Crippen molar-refractivity contribution in [3.8, 4) is 0 Å². The topological polar surface area (TPSA) is 116 Å². The number of nitro groups is 1. The molecule has 4 rings (SSSR count). The summed E-state index contributed by atoms with van der Waals surface area (Å²) in [6.45, 7) is 3.71. The molecule has 0 bridgehead atoms. The monoisotopic (exact) mass is 425 g/mol. The molecule has 0 saturated carbocycles. The molecule has 152 valence electrons. The minimum atomic E-state index is -0.804. The summed E-state index contributed by atoms with van der Waals surface area (Å²) in [6.07, 6.45) is -0.804. The summed E-state index contributed by atoms with van der Waals surface area (Å²) in [5, 5.41) is 17.8. The number of guanidine groups is 1. The minimum Gasteiger partial charge on any atom is -0.269 e. The van der Waals surface area contributed by atoms with Gasteiger partial charge in [-0.05, 0) is 32.0 Å². The van der Waals surface area contributed by atoms with E-state index in [4.69, 9.17) is 11.6 Å².